The maximum Gasteiger partial charge on any atom is 0.229 e. The fraction of sp³-hybridized carbons (Fsp3) is 0.654. The van der Waals surface area contributed by atoms with Gasteiger partial charge in [0.1, 0.15) is 12.4 Å². The average molecular weight is 456 g/mol. The molecule has 3 aliphatic rings. The lowest BCUT2D eigenvalue weighted by Crippen LogP contribution is -2.58. The van der Waals surface area contributed by atoms with Crippen molar-refractivity contribution in [3.05, 3.63) is 29.8 Å². The first-order valence-electron chi connectivity index (χ1n) is 12.5. The van der Waals surface area contributed by atoms with Crippen LogP contribution in [0.3, 0.4) is 0 Å². The van der Waals surface area contributed by atoms with E-state index in [-0.39, 0.29) is 23.6 Å². The topological polar surface area (TPSA) is 70.2 Å². The van der Waals surface area contributed by atoms with Gasteiger partial charge in [0.15, 0.2) is 0 Å². The molecule has 0 unspecified atom stereocenters. The van der Waals surface area contributed by atoms with Crippen molar-refractivity contribution in [2.45, 2.75) is 52.4 Å². The number of carbonyl (C=O) groups excluding carboxylic acids is 3. The molecule has 1 aromatic carbocycles. The standard InChI is InChI=1S/C26H37N3O4/c1-3-27-16-17-33-23-10-5-4-8-21(23)9-6-7-11-26(25(27)32)12-14-28(15-13-26)24(31)22-18-29(19-22)20(2)30/h4-5,8,10,22H,3,6-7,9,11-19H2,1-2H3. The Labute approximate surface area is 197 Å². The van der Waals surface area contributed by atoms with Crippen LogP contribution in [0.5, 0.6) is 5.75 Å². The number of likely N-dealkylation sites (tertiary alicyclic amines) is 2. The van der Waals surface area contributed by atoms with E-state index in [2.05, 4.69) is 12.1 Å². The summed E-state index contributed by atoms with van der Waals surface area (Å²) in [6.07, 6.45) is 5.27. The second-order valence-electron chi connectivity index (χ2n) is 9.77. The van der Waals surface area contributed by atoms with Gasteiger partial charge in [-0.05, 0) is 50.7 Å². The lowest BCUT2D eigenvalue weighted by atomic mass is 9.72. The van der Waals surface area contributed by atoms with Gasteiger partial charge >= 0.3 is 0 Å². The molecule has 3 heterocycles. The number of likely N-dealkylation sites (N-methyl/N-ethyl adjacent to an activating group) is 1. The number of para-hydroxylation sites is 1. The first-order chi connectivity index (χ1) is 15.9. The normalized spacial score (nSPS) is 22.0. The molecule has 33 heavy (non-hydrogen) atoms. The van der Waals surface area contributed by atoms with E-state index in [9.17, 15) is 14.4 Å². The van der Waals surface area contributed by atoms with Gasteiger partial charge < -0.3 is 19.4 Å². The summed E-state index contributed by atoms with van der Waals surface area (Å²) in [6, 6.07) is 8.21. The average Bonchev–Trinajstić information content (AvgIpc) is 2.78. The molecule has 0 aromatic heterocycles. The zero-order valence-corrected chi connectivity index (χ0v) is 20.1. The number of ether oxygens (including phenoxy) is 1. The maximum absolute atomic E-state index is 13.7. The summed E-state index contributed by atoms with van der Waals surface area (Å²) in [5.41, 5.74) is 0.846. The number of aryl methyl sites for hydroxylation is 1. The molecular weight excluding hydrogens is 418 g/mol. The molecule has 7 heteroatoms. The second kappa shape index (κ2) is 10.1. The number of benzene rings is 1. The van der Waals surface area contributed by atoms with Crippen molar-refractivity contribution in [3.8, 4) is 5.75 Å². The van der Waals surface area contributed by atoms with Crippen LogP contribution < -0.4 is 4.74 Å². The van der Waals surface area contributed by atoms with E-state index in [0.29, 0.717) is 58.7 Å². The van der Waals surface area contributed by atoms with Crippen LogP contribution >= 0.6 is 0 Å². The predicted octanol–water partition coefficient (Wildman–Crippen LogP) is 2.73. The quantitative estimate of drug-likeness (QED) is 0.688. The number of piperidine rings is 1. The molecule has 2 saturated heterocycles. The molecule has 0 bridgehead atoms. The largest absolute Gasteiger partial charge is 0.491 e. The van der Waals surface area contributed by atoms with Crippen LogP contribution in [0, 0.1) is 11.3 Å². The molecule has 1 spiro atoms. The van der Waals surface area contributed by atoms with Crippen LogP contribution in [0.25, 0.3) is 0 Å². The molecule has 3 aliphatic heterocycles. The smallest absolute Gasteiger partial charge is 0.229 e. The summed E-state index contributed by atoms with van der Waals surface area (Å²) in [5.74, 6) is 1.24. The van der Waals surface area contributed by atoms with Crippen molar-refractivity contribution in [1.82, 2.24) is 14.7 Å². The van der Waals surface area contributed by atoms with Crippen molar-refractivity contribution in [1.29, 1.82) is 0 Å². The molecule has 180 valence electrons. The van der Waals surface area contributed by atoms with E-state index >= 15 is 0 Å². The molecule has 0 atom stereocenters. The van der Waals surface area contributed by atoms with E-state index < -0.39 is 5.41 Å². The zero-order chi connectivity index (χ0) is 23.4. The molecule has 1 aromatic rings. The van der Waals surface area contributed by atoms with Gasteiger partial charge in [0.25, 0.3) is 0 Å². The van der Waals surface area contributed by atoms with Crippen LogP contribution in [0.4, 0.5) is 0 Å². The fourth-order valence-corrected chi connectivity index (χ4v) is 5.51. The first-order valence-corrected chi connectivity index (χ1v) is 12.5. The summed E-state index contributed by atoms with van der Waals surface area (Å²) >= 11 is 0. The van der Waals surface area contributed by atoms with E-state index in [4.69, 9.17) is 4.74 Å². The van der Waals surface area contributed by atoms with Gasteiger partial charge in [-0.1, -0.05) is 24.6 Å². The highest BCUT2D eigenvalue weighted by Gasteiger charge is 2.45. The van der Waals surface area contributed by atoms with Crippen LogP contribution in [0.2, 0.25) is 0 Å². The summed E-state index contributed by atoms with van der Waals surface area (Å²) in [7, 11) is 0. The first kappa shape index (κ1) is 23.6. The maximum atomic E-state index is 13.7. The Balaban J connectivity index is 1.42. The molecule has 0 N–H and O–H groups in total. The molecule has 0 radical (unpaired) electrons. The molecular formula is C26H37N3O4. The number of fused-ring (bicyclic) bond motifs is 1. The third kappa shape index (κ3) is 5.02. The van der Waals surface area contributed by atoms with Crippen molar-refractivity contribution in [2.75, 3.05) is 45.9 Å². The third-order valence-electron chi connectivity index (χ3n) is 7.77. The number of nitrogens with zero attached hydrogens (tertiary/aromatic N) is 3. The second-order valence-corrected chi connectivity index (χ2v) is 9.77. The molecule has 3 amide bonds. The molecule has 7 nitrogen and oxygen atoms in total. The molecule has 2 fully saturated rings. The van der Waals surface area contributed by atoms with Gasteiger partial charge in [-0.25, -0.2) is 0 Å². The molecule has 0 aliphatic carbocycles. The van der Waals surface area contributed by atoms with E-state index in [1.54, 1.807) is 11.8 Å². The van der Waals surface area contributed by atoms with Gasteiger partial charge in [-0.15, -0.1) is 0 Å². The van der Waals surface area contributed by atoms with Gasteiger partial charge in [0.05, 0.1) is 17.9 Å². The van der Waals surface area contributed by atoms with Crippen molar-refractivity contribution in [2.24, 2.45) is 11.3 Å². The SMILES string of the molecule is CCN1CCOc2ccccc2CCCCC2(CCN(C(=O)C3CN(C(C)=O)C3)CC2)C1=O. The summed E-state index contributed by atoms with van der Waals surface area (Å²) < 4.78 is 6.06. The molecule has 0 saturated carbocycles. The monoisotopic (exact) mass is 455 g/mol. The minimum absolute atomic E-state index is 0.0294. The van der Waals surface area contributed by atoms with Crippen molar-refractivity contribution < 1.29 is 19.1 Å². The highest BCUT2D eigenvalue weighted by molar-refractivity contribution is 5.85. The fourth-order valence-electron chi connectivity index (χ4n) is 5.51. The Bertz CT molecular complexity index is 872. The van der Waals surface area contributed by atoms with Gasteiger partial charge in [-0.3, -0.25) is 14.4 Å². The number of hydrogen-bond acceptors (Lipinski definition) is 4. The summed E-state index contributed by atoms with van der Waals surface area (Å²) in [5, 5.41) is 0. The Morgan fingerprint density at radius 2 is 1.76 bits per heavy atom. The summed E-state index contributed by atoms with van der Waals surface area (Å²) in [6.45, 7) is 7.61. The Morgan fingerprint density at radius 1 is 1.03 bits per heavy atom. The lowest BCUT2D eigenvalue weighted by molar-refractivity contribution is -0.154. The number of amides is 3. The van der Waals surface area contributed by atoms with Crippen molar-refractivity contribution in [3.63, 3.8) is 0 Å². The Kier molecular flexibility index (Phi) is 7.25. The van der Waals surface area contributed by atoms with E-state index in [1.165, 1.54) is 5.56 Å². The van der Waals surface area contributed by atoms with E-state index in [0.717, 1.165) is 31.4 Å². The number of carbonyl (C=O) groups is 3. The van der Waals surface area contributed by atoms with Crippen LogP contribution in [-0.2, 0) is 20.8 Å². The number of rotatable bonds is 2. The number of hydrogen-bond donors (Lipinski definition) is 0. The van der Waals surface area contributed by atoms with Crippen molar-refractivity contribution >= 4 is 17.7 Å². The predicted molar refractivity (Wildman–Crippen MR) is 126 cm³/mol. The minimum atomic E-state index is -0.392. The minimum Gasteiger partial charge on any atom is -0.491 e. The molecule has 4 rings (SSSR count). The summed E-state index contributed by atoms with van der Waals surface area (Å²) in [4.78, 5) is 43.7. The van der Waals surface area contributed by atoms with Gasteiger partial charge in [0, 0.05) is 39.6 Å². The Morgan fingerprint density at radius 3 is 2.45 bits per heavy atom. The van der Waals surface area contributed by atoms with E-state index in [1.807, 2.05) is 28.9 Å². The third-order valence-corrected chi connectivity index (χ3v) is 7.77. The van der Waals surface area contributed by atoms with Crippen LogP contribution in [0.1, 0.15) is 51.5 Å². The van der Waals surface area contributed by atoms with Crippen LogP contribution in [0.15, 0.2) is 24.3 Å². The van der Waals surface area contributed by atoms with Crippen LogP contribution in [-0.4, -0.2) is 78.3 Å². The Hall–Kier alpha value is -2.57. The highest BCUT2D eigenvalue weighted by atomic mass is 16.5. The lowest BCUT2D eigenvalue weighted by Gasteiger charge is -2.46. The van der Waals surface area contributed by atoms with Gasteiger partial charge in [0.2, 0.25) is 17.7 Å². The zero-order valence-electron chi connectivity index (χ0n) is 20.1. The van der Waals surface area contributed by atoms with Gasteiger partial charge in [-0.2, -0.15) is 0 Å². The highest BCUT2D eigenvalue weighted by Crippen LogP contribution is 2.40.